The summed E-state index contributed by atoms with van der Waals surface area (Å²) in [4.78, 5) is 12.9. The van der Waals surface area contributed by atoms with Crippen LogP contribution in [0.4, 0.5) is 0 Å². The molecule has 1 saturated carbocycles. The number of carbonyl (C=O) groups excluding carboxylic acids is 1. The maximum atomic E-state index is 12.9. The van der Waals surface area contributed by atoms with E-state index in [1.54, 1.807) is 0 Å². The van der Waals surface area contributed by atoms with Crippen molar-refractivity contribution >= 4 is 5.97 Å². The molecule has 8 nitrogen and oxygen atoms in total. The number of aryl methyl sites for hydroxylation is 1. The number of hydrogen-bond acceptors (Lipinski definition) is 6. The highest BCUT2D eigenvalue weighted by atomic mass is 16.5. The van der Waals surface area contributed by atoms with Crippen molar-refractivity contribution in [3.05, 3.63) is 71.0 Å². The van der Waals surface area contributed by atoms with E-state index in [1.165, 1.54) is 0 Å². The number of ether oxygens (including phenoxy) is 1. The lowest BCUT2D eigenvalue weighted by Gasteiger charge is -2.09. The second-order valence-electron chi connectivity index (χ2n) is 8.58. The van der Waals surface area contributed by atoms with Gasteiger partial charge in [-0.15, -0.1) is 10.2 Å². The van der Waals surface area contributed by atoms with Gasteiger partial charge in [-0.25, -0.2) is 4.79 Å². The maximum Gasteiger partial charge on any atom is 0.341 e. The second-order valence-corrected chi connectivity index (χ2v) is 8.58. The van der Waals surface area contributed by atoms with Gasteiger partial charge in [0.1, 0.15) is 5.56 Å². The van der Waals surface area contributed by atoms with Crippen LogP contribution in [0.25, 0.3) is 22.5 Å². The SMILES string of the molecule is CCCn1nc(Cc2ccc(-c3ccccc3-c3nn[nH]n3)cc2)c(C(=O)OCC)c1C1CC1. The van der Waals surface area contributed by atoms with Gasteiger partial charge < -0.3 is 4.74 Å². The lowest BCUT2D eigenvalue weighted by molar-refractivity contribution is 0.0523. The van der Waals surface area contributed by atoms with E-state index in [2.05, 4.69) is 51.8 Å². The zero-order chi connectivity index (χ0) is 23.5. The summed E-state index contributed by atoms with van der Waals surface area (Å²) in [6.07, 6.45) is 3.76. The Morgan fingerprint density at radius 3 is 2.50 bits per heavy atom. The smallest absolute Gasteiger partial charge is 0.341 e. The predicted octanol–water partition coefficient (Wildman–Crippen LogP) is 4.79. The highest BCUT2D eigenvalue weighted by Gasteiger charge is 2.35. The van der Waals surface area contributed by atoms with Crippen LogP contribution < -0.4 is 0 Å². The minimum atomic E-state index is -0.257. The Morgan fingerprint density at radius 1 is 1.09 bits per heavy atom. The monoisotopic (exact) mass is 456 g/mol. The Balaban J connectivity index is 1.46. The first-order chi connectivity index (χ1) is 16.7. The predicted molar refractivity (Wildman–Crippen MR) is 128 cm³/mol. The molecule has 0 radical (unpaired) electrons. The Kier molecular flexibility index (Phi) is 6.20. The minimum Gasteiger partial charge on any atom is -0.462 e. The van der Waals surface area contributed by atoms with Crippen molar-refractivity contribution in [2.24, 2.45) is 0 Å². The van der Waals surface area contributed by atoms with Gasteiger partial charge >= 0.3 is 5.97 Å². The Bertz CT molecular complexity index is 1270. The van der Waals surface area contributed by atoms with Gasteiger partial charge in [0.05, 0.1) is 18.0 Å². The summed E-state index contributed by atoms with van der Waals surface area (Å²) in [7, 11) is 0. The van der Waals surface area contributed by atoms with Crippen molar-refractivity contribution in [2.75, 3.05) is 6.61 Å². The molecule has 0 aliphatic heterocycles. The molecule has 0 bridgehead atoms. The molecule has 1 fully saturated rings. The van der Waals surface area contributed by atoms with E-state index < -0.39 is 0 Å². The molecule has 0 saturated heterocycles. The van der Waals surface area contributed by atoms with E-state index in [4.69, 9.17) is 9.84 Å². The number of nitrogens with one attached hydrogen (secondary N) is 1. The summed E-state index contributed by atoms with van der Waals surface area (Å²) < 4.78 is 7.47. The Labute approximate surface area is 198 Å². The highest BCUT2D eigenvalue weighted by molar-refractivity contribution is 5.92. The molecule has 34 heavy (non-hydrogen) atoms. The van der Waals surface area contributed by atoms with Crippen LogP contribution in [-0.2, 0) is 17.7 Å². The fourth-order valence-corrected chi connectivity index (χ4v) is 4.43. The molecule has 4 aromatic rings. The molecule has 1 aliphatic rings. The Hall–Kier alpha value is -3.81. The summed E-state index contributed by atoms with van der Waals surface area (Å²) in [5.74, 6) is 0.719. The van der Waals surface area contributed by atoms with Gasteiger partial charge in [0.15, 0.2) is 0 Å². The first kappa shape index (κ1) is 22.0. The number of tetrazole rings is 1. The van der Waals surface area contributed by atoms with E-state index in [0.29, 0.717) is 30.3 Å². The van der Waals surface area contributed by atoms with Gasteiger partial charge in [0.25, 0.3) is 0 Å². The number of aromatic amines is 1. The molecule has 8 heteroatoms. The van der Waals surface area contributed by atoms with Crippen molar-refractivity contribution in [1.82, 2.24) is 30.4 Å². The number of H-pyrrole nitrogens is 1. The molecule has 0 spiro atoms. The number of aromatic nitrogens is 6. The van der Waals surface area contributed by atoms with E-state index in [0.717, 1.165) is 59.4 Å². The fourth-order valence-electron chi connectivity index (χ4n) is 4.43. The highest BCUT2D eigenvalue weighted by Crippen LogP contribution is 2.43. The molecule has 2 heterocycles. The van der Waals surface area contributed by atoms with Crippen LogP contribution in [0.3, 0.4) is 0 Å². The van der Waals surface area contributed by atoms with Gasteiger partial charge in [-0.1, -0.05) is 55.5 Å². The molecular weight excluding hydrogens is 428 g/mol. The average Bonchev–Trinajstić information content (AvgIpc) is 3.41. The van der Waals surface area contributed by atoms with Gasteiger partial charge in [-0.3, -0.25) is 4.68 Å². The number of hydrogen-bond donors (Lipinski definition) is 1. The number of nitrogens with zero attached hydrogens (tertiary/aromatic N) is 5. The zero-order valence-corrected chi connectivity index (χ0v) is 19.5. The molecule has 0 atom stereocenters. The molecule has 1 aliphatic carbocycles. The normalized spacial score (nSPS) is 13.2. The third-order valence-corrected chi connectivity index (χ3v) is 6.09. The zero-order valence-electron chi connectivity index (χ0n) is 19.5. The summed E-state index contributed by atoms with van der Waals surface area (Å²) in [5, 5.41) is 19.3. The van der Waals surface area contributed by atoms with Crippen molar-refractivity contribution in [2.45, 2.75) is 52.0 Å². The number of rotatable bonds is 9. The van der Waals surface area contributed by atoms with E-state index in [-0.39, 0.29) is 5.97 Å². The fraction of sp³-hybridized carbons (Fsp3) is 0.346. The molecule has 174 valence electrons. The van der Waals surface area contributed by atoms with Crippen molar-refractivity contribution in [1.29, 1.82) is 0 Å². The quantitative estimate of drug-likeness (QED) is 0.364. The van der Waals surface area contributed by atoms with E-state index in [1.807, 2.05) is 35.9 Å². The van der Waals surface area contributed by atoms with Crippen molar-refractivity contribution < 1.29 is 9.53 Å². The van der Waals surface area contributed by atoms with Crippen LogP contribution in [0.1, 0.15) is 66.3 Å². The number of esters is 1. The number of benzene rings is 2. The third-order valence-electron chi connectivity index (χ3n) is 6.09. The van der Waals surface area contributed by atoms with Gasteiger partial charge in [0, 0.05) is 24.4 Å². The van der Waals surface area contributed by atoms with Crippen LogP contribution in [0.2, 0.25) is 0 Å². The van der Waals surface area contributed by atoms with Crippen LogP contribution >= 0.6 is 0 Å². The molecule has 2 aromatic carbocycles. The topological polar surface area (TPSA) is 98.6 Å². The first-order valence-corrected chi connectivity index (χ1v) is 11.9. The van der Waals surface area contributed by atoms with Gasteiger partial charge in [0.2, 0.25) is 5.82 Å². The molecule has 0 amide bonds. The summed E-state index contributed by atoms with van der Waals surface area (Å²) in [6, 6.07) is 16.3. The van der Waals surface area contributed by atoms with E-state index >= 15 is 0 Å². The average molecular weight is 457 g/mol. The second kappa shape index (κ2) is 9.59. The third kappa shape index (κ3) is 4.35. The summed E-state index contributed by atoms with van der Waals surface area (Å²) >= 11 is 0. The summed E-state index contributed by atoms with van der Waals surface area (Å²) in [5.41, 5.74) is 6.63. The van der Waals surface area contributed by atoms with Gasteiger partial charge in [-0.2, -0.15) is 10.3 Å². The Morgan fingerprint density at radius 2 is 1.85 bits per heavy atom. The lowest BCUT2D eigenvalue weighted by Crippen LogP contribution is -2.11. The van der Waals surface area contributed by atoms with Crippen molar-refractivity contribution in [3.8, 4) is 22.5 Å². The molecule has 0 unspecified atom stereocenters. The van der Waals surface area contributed by atoms with Crippen LogP contribution in [0.15, 0.2) is 48.5 Å². The number of carbonyl (C=O) groups is 1. The molecular formula is C26H28N6O2. The molecule has 5 rings (SSSR count). The van der Waals surface area contributed by atoms with Crippen LogP contribution in [-0.4, -0.2) is 43.0 Å². The maximum absolute atomic E-state index is 12.9. The molecule has 2 aromatic heterocycles. The van der Waals surface area contributed by atoms with E-state index in [9.17, 15) is 4.79 Å². The first-order valence-electron chi connectivity index (χ1n) is 11.9. The largest absolute Gasteiger partial charge is 0.462 e. The molecule has 1 N–H and O–H groups in total. The van der Waals surface area contributed by atoms with Crippen LogP contribution in [0, 0.1) is 0 Å². The van der Waals surface area contributed by atoms with Gasteiger partial charge in [-0.05, 0) is 48.1 Å². The standard InChI is InChI=1S/C26H28N6O2/c1-3-15-32-24(19-13-14-19)23(26(33)34-4-2)22(29-32)16-17-9-11-18(12-10-17)20-7-5-6-8-21(20)25-27-30-31-28-25/h5-12,19H,3-4,13-16H2,1-2H3,(H,27,28,30,31). The summed E-state index contributed by atoms with van der Waals surface area (Å²) in [6.45, 7) is 5.14. The minimum absolute atomic E-state index is 0.257. The van der Waals surface area contributed by atoms with Crippen LogP contribution in [0.5, 0.6) is 0 Å². The lowest BCUT2D eigenvalue weighted by atomic mass is 9.97. The van der Waals surface area contributed by atoms with Crippen molar-refractivity contribution in [3.63, 3.8) is 0 Å².